The molecule has 3 aromatic carbocycles. The summed E-state index contributed by atoms with van der Waals surface area (Å²) < 4.78 is 1.73. The van der Waals surface area contributed by atoms with Gasteiger partial charge in [-0.2, -0.15) is 5.10 Å². The van der Waals surface area contributed by atoms with Crippen LogP contribution in [0.2, 0.25) is 0 Å². The number of carbonyl (C=O) groups excluding carboxylic acids is 2. The fourth-order valence-electron chi connectivity index (χ4n) is 3.74. The second-order valence-corrected chi connectivity index (χ2v) is 8.13. The van der Waals surface area contributed by atoms with E-state index in [1.54, 1.807) is 4.68 Å². The fourth-order valence-corrected chi connectivity index (χ4v) is 3.74. The van der Waals surface area contributed by atoms with Crippen LogP contribution in [0.4, 0.5) is 5.82 Å². The predicted octanol–water partition coefficient (Wildman–Crippen LogP) is 5.53. The van der Waals surface area contributed by atoms with Crippen molar-refractivity contribution < 1.29 is 9.59 Å². The first kappa shape index (κ1) is 23.0. The summed E-state index contributed by atoms with van der Waals surface area (Å²) in [6.07, 6.45) is 0.996. The lowest BCUT2D eigenvalue weighted by Crippen LogP contribution is -2.26. The highest BCUT2D eigenvalue weighted by atomic mass is 16.2. The summed E-state index contributed by atoms with van der Waals surface area (Å²) in [5, 5.41) is 10.7. The minimum absolute atomic E-state index is 0.0650. The van der Waals surface area contributed by atoms with E-state index < -0.39 is 0 Å². The molecule has 0 aliphatic rings. The lowest BCUT2D eigenvalue weighted by Gasteiger charge is -2.14. The van der Waals surface area contributed by atoms with Gasteiger partial charge in [0.1, 0.15) is 5.82 Å². The molecular weight excluding hydrogens is 424 g/mol. The maximum absolute atomic E-state index is 12.7. The van der Waals surface area contributed by atoms with Crippen LogP contribution in [0.3, 0.4) is 0 Å². The van der Waals surface area contributed by atoms with Crippen molar-refractivity contribution in [2.24, 2.45) is 0 Å². The Balaban J connectivity index is 1.37. The number of rotatable bonds is 9. The van der Waals surface area contributed by atoms with E-state index in [-0.39, 0.29) is 30.7 Å². The van der Waals surface area contributed by atoms with Gasteiger partial charge < -0.3 is 10.6 Å². The van der Waals surface area contributed by atoms with Crippen LogP contribution in [0, 0.1) is 0 Å². The third-order valence-corrected chi connectivity index (χ3v) is 5.53. The summed E-state index contributed by atoms with van der Waals surface area (Å²) in [5.41, 5.74) is 3.65. The van der Waals surface area contributed by atoms with Crippen LogP contribution < -0.4 is 10.6 Å². The summed E-state index contributed by atoms with van der Waals surface area (Å²) in [6, 6.07) is 31.1. The van der Waals surface area contributed by atoms with Gasteiger partial charge in [-0.3, -0.25) is 9.59 Å². The van der Waals surface area contributed by atoms with Crippen molar-refractivity contribution in [3.63, 3.8) is 0 Å². The summed E-state index contributed by atoms with van der Waals surface area (Å²) >= 11 is 0. The predicted molar refractivity (Wildman–Crippen MR) is 134 cm³/mol. The van der Waals surface area contributed by atoms with E-state index >= 15 is 0 Å². The average Bonchev–Trinajstić information content (AvgIpc) is 3.29. The lowest BCUT2D eigenvalue weighted by molar-refractivity contribution is -0.122. The van der Waals surface area contributed by atoms with E-state index in [1.165, 1.54) is 0 Å². The zero-order valence-electron chi connectivity index (χ0n) is 19.1. The molecule has 0 bridgehead atoms. The maximum Gasteiger partial charge on any atom is 0.225 e. The SMILES string of the molecule is CC(NC(=O)CCCC(=O)Nc1cc(-c2ccccc2)nn1-c1ccccc1)c1ccccc1. The molecule has 1 aromatic heterocycles. The molecule has 0 saturated heterocycles. The molecule has 6 heteroatoms. The molecule has 4 aromatic rings. The molecule has 0 spiro atoms. The first-order valence-electron chi connectivity index (χ1n) is 11.5. The normalized spacial score (nSPS) is 11.6. The van der Waals surface area contributed by atoms with Crippen LogP contribution in [0.5, 0.6) is 0 Å². The Labute approximate surface area is 199 Å². The highest BCUT2D eigenvalue weighted by molar-refractivity contribution is 5.91. The van der Waals surface area contributed by atoms with Crippen molar-refractivity contribution >= 4 is 17.6 Å². The zero-order chi connectivity index (χ0) is 23.8. The molecule has 1 heterocycles. The lowest BCUT2D eigenvalue weighted by atomic mass is 10.1. The van der Waals surface area contributed by atoms with Crippen LogP contribution in [0.25, 0.3) is 16.9 Å². The molecule has 0 saturated carbocycles. The van der Waals surface area contributed by atoms with Gasteiger partial charge in [0.25, 0.3) is 0 Å². The average molecular weight is 453 g/mol. The molecule has 2 N–H and O–H groups in total. The molecule has 6 nitrogen and oxygen atoms in total. The molecule has 0 aliphatic heterocycles. The Kier molecular flexibility index (Phi) is 7.50. The fraction of sp³-hybridized carbons (Fsp3) is 0.179. The highest BCUT2D eigenvalue weighted by Crippen LogP contribution is 2.25. The molecule has 0 fully saturated rings. The Bertz CT molecular complexity index is 1220. The Morgan fingerprint density at radius 1 is 0.824 bits per heavy atom. The van der Waals surface area contributed by atoms with Gasteiger partial charge in [-0.15, -0.1) is 0 Å². The van der Waals surface area contributed by atoms with E-state index in [9.17, 15) is 9.59 Å². The summed E-state index contributed by atoms with van der Waals surface area (Å²) in [5.74, 6) is 0.377. The van der Waals surface area contributed by atoms with Crippen LogP contribution >= 0.6 is 0 Å². The van der Waals surface area contributed by atoms with E-state index in [1.807, 2.05) is 104 Å². The summed E-state index contributed by atoms with van der Waals surface area (Å²) in [6.45, 7) is 1.95. The maximum atomic E-state index is 12.7. The van der Waals surface area contributed by atoms with Crippen molar-refractivity contribution in [2.45, 2.75) is 32.2 Å². The number of hydrogen-bond acceptors (Lipinski definition) is 3. The number of anilines is 1. The van der Waals surface area contributed by atoms with Crippen LogP contribution in [-0.4, -0.2) is 21.6 Å². The minimum Gasteiger partial charge on any atom is -0.350 e. The van der Waals surface area contributed by atoms with Gasteiger partial charge in [-0.25, -0.2) is 4.68 Å². The van der Waals surface area contributed by atoms with Gasteiger partial charge in [0.15, 0.2) is 0 Å². The van der Waals surface area contributed by atoms with Crippen molar-refractivity contribution in [3.05, 3.63) is 103 Å². The van der Waals surface area contributed by atoms with E-state index in [4.69, 9.17) is 5.10 Å². The number of hydrogen-bond donors (Lipinski definition) is 2. The van der Waals surface area contributed by atoms with E-state index in [2.05, 4.69) is 10.6 Å². The number of para-hydroxylation sites is 1. The number of aromatic nitrogens is 2. The standard InChI is InChI=1S/C28H28N4O2/c1-21(22-12-5-2-6-13-22)29-27(33)18-11-19-28(34)30-26-20-25(23-14-7-3-8-15-23)31-32(26)24-16-9-4-10-17-24/h2-10,12-17,20-21H,11,18-19H2,1H3,(H,29,33)(H,30,34). The topological polar surface area (TPSA) is 76.0 Å². The monoisotopic (exact) mass is 452 g/mol. The molecule has 0 radical (unpaired) electrons. The van der Waals surface area contributed by atoms with Crippen LogP contribution in [0.1, 0.15) is 37.8 Å². The van der Waals surface area contributed by atoms with Gasteiger partial charge >= 0.3 is 0 Å². The number of amides is 2. The molecule has 172 valence electrons. The Morgan fingerprint density at radius 2 is 1.41 bits per heavy atom. The Morgan fingerprint density at radius 3 is 2.09 bits per heavy atom. The van der Waals surface area contributed by atoms with Crippen molar-refractivity contribution in [1.82, 2.24) is 15.1 Å². The highest BCUT2D eigenvalue weighted by Gasteiger charge is 2.15. The summed E-state index contributed by atoms with van der Waals surface area (Å²) in [4.78, 5) is 25.0. The molecule has 34 heavy (non-hydrogen) atoms. The largest absolute Gasteiger partial charge is 0.350 e. The molecule has 0 aliphatic carbocycles. The van der Waals surface area contributed by atoms with Crippen molar-refractivity contribution in [3.8, 4) is 16.9 Å². The second kappa shape index (κ2) is 11.1. The van der Waals surface area contributed by atoms with E-state index in [0.29, 0.717) is 12.2 Å². The quantitative estimate of drug-likeness (QED) is 0.351. The third-order valence-electron chi connectivity index (χ3n) is 5.53. The smallest absolute Gasteiger partial charge is 0.225 e. The van der Waals surface area contributed by atoms with Crippen molar-refractivity contribution in [2.75, 3.05) is 5.32 Å². The third kappa shape index (κ3) is 5.98. The molecule has 4 rings (SSSR count). The first-order chi connectivity index (χ1) is 16.6. The number of benzene rings is 3. The van der Waals surface area contributed by atoms with Gasteiger partial charge in [0.2, 0.25) is 11.8 Å². The first-order valence-corrected chi connectivity index (χ1v) is 11.5. The van der Waals surface area contributed by atoms with Crippen LogP contribution in [-0.2, 0) is 9.59 Å². The minimum atomic E-state index is -0.152. The second-order valence-electron chi connectivity index (χ2n) is 8.13. The zero-order valence-corrected chi connectivity index (χ0v) is 19.1. The Hall–Kier alpha value is -4.19. The molecular formula is C28H28N4O2. The van der Waals surface area contributed by atoms with E-state index in [0.717, 1.165) is 22.5 Å². The number of nitrogens with one attached hydrogen (secondary N) is 2. The van der Waals surface area contributed by atoms with Gasteiger partial charge in [-0.05, 0) is 31.0 Å². The molecule has 1 atom stereocenters. The van der Waals surface area contributed by atoms with Crippen molar-refractivity contribution in [1.29, 1.82) is 0 Å². The molecule has 2 amide bonds. The van der Waals surface area contributed by atoms with Gasteiger partial charge in [-0.1, -0.05) is 78.9 Å². The molecule has 1 unspecified atom stereocenters. The van der Waals surface area contributed by atoms with Gasteiger partial charge in [0.05, 0.1) is 17.4 Å². The van der Waals surface area contributed by atoms with Crippen LogP contribution in [0.15, 0.2) is 97.1 Å². The number of nitrogens with zero attached hydrogens (tertiary/aromatic N) is 2. The van der Waals surface area contributed by atoms with Gasteiger partial charge in [0, 0.05) is 24.5 Å². The summed E-state index contributed by atoms with van der Waals surface area (Å²) in [7, 11) is 0. The number of carbonyl (C=O) groups is 2.